The second kappa shape index (κ2) is 3.51. The first-order valence-corrected chi connectivity index (χ1v) is 5.78. The van der Waals surface area contributed by atoms with E-state index in [0.29, 0.717) is 12.3 Å². The highest BCUT2D eigenvalue weighted by Crippen LogP contribution is 2.31. The lowest BCUT2D eigenvalue weighted by atomic mass is 10.1. The zero-order chi connectivity index (χ0) is 10.3. The highest BCUT2D eigenvalue weighted by atomic mass is 79.9. The molecule has 1 fully saturated rings. The first-order valence-electron chi connectivity index (χ1n) is 4.98. The van der Waals surface area contributed by atoms with E-state index in [9.17, 15) is 0 Å². The van der Waals surface area contributed by atoms with E-state index in [4.69, 9.17) is 0 Å². The van der Waals surface area contributed by atoms with E-state index in [1.807, 2.05) is 0 Å². The number of hydrogen-bond donors (Lipinski definition) is 1. The van der Waals surface area contributed by atoms with Crippen molar-refractivity contribution in [3.63, 3.8) is 0 Å². The Morgan fingerprint density at radius 2 is 1.93 bits per heavy atom. The molecule has 0 aliphatic carbocycles. The predicted octanol–water partition coefficient (Wildman–Crippen LogP) is 2.76. The third kappa shape index (κ3) is 1.52. The molecule has 0 saturated carbocycles. The van der Waals surface area contributed by atoms with Crippen molar-refractivity contribution in [3.8, 4) is 0 Å². The van der Waals surface area contributed by atoms with Gasteiger partial charge in [-0.1, -0.05) is 34.1 Å². The van der Waals surface area contributed by atoms with Gasteiger partial charge in [0.05, 0.1) is 0 Å². The van der Waals surface area contributed by atoms with Crippen LogP contribution in [0.5, 0.6) is 0 Å². The second-order valence-corrected chi connectivity index (χ2v) is 4.65. The van der Waals surface area contributed by atoms with Crippen molar-refractivity contribution in [1.29, 1.82) is 0 Å². The SMILES string of the molecule is Brc1ccc(C2NC3C=CC=CN32)cc1. The lowest BCUT2D eigenvalue weighted by molar-refractivity contribution is 0.0488. The minimum absolute atomic E-state index is 0.323. The Labute approximate surface area is 97.4 Å². The Morgan fingerprint density at radius 1 is 1.13 bits per heavy atom. The van der Waals surface area contributed by atoms with Crippen molar-refractivity contribution >= 4 is 15.9 Å². The number of nitrogens with zero attached hydrogens (tertiary/aromatic N) is 1. The van der Waals surface area contributed by atoms with Gasteiger partial charge >= 0.3 is 0 Å². The third-order valence-electron chi connectivity index (χ3n) is 2.80. The lowest BCUT2D eigenvalue weighted by Crippen LogP contribution is -2.60. The van der Waals surface area contributed by atoms with Gasteiger partial charge in [-0.25, -0.2) is 0 Å². The molecular formula is C12H11BrN2. The summed E-state index contributed by atoms with van der Waals surface area (Å²) in [5.74, 6) is 0. The molecule has 3 rings (SSSR count). The summed E-state index contributed by atoms with van der Waals surface area (Å²) in [4.78, 5) is 2.31. The maximum Gasteiger partial charge on any atom is 0.109 e. The number of benzene rings is 1. The molecule has 1 aromatic rings. The Morgan fingerprint density at radius 3 is 2.67 bits per heavy atom. The Balaban J connectivity index is 1.83. The summed E-state index contributed by atoms with van der Waals surface area (Å²) in [5.41, 5.74) is 1.30. The van der Waals surface area contributed by atoms with E-state index in [1.54, 1.807) is 0 Å². The van der Waals surface area contributed by atoms with Gasteiger partial charge in [-0.3, -0.25) is 5.32 Å². The zero-order valence-electron chi connectivity index (χ0n) is 8.10. The van der Waals surface area contributed by atoms with Crippen molar-refractivity contribution in [3.05, 3.63) is 58.7 Å². The van der Waals surface area contributed by atoms with E-state index in [-0.39, 0.29) is 0 Å². The summed E-state index contributed by atoms with van der Waals surface area (Å²) < 4.78 is 1.12. The molecule has 76 valence electrons. The van der Waals surface area contributed by atoms with Gasteiger partial charge < -0.3 is 4.90 Å². The topological polar surface area (TPSA) is 15.3 Å². The lowest BCUT2D eigenvalue weighted by Gasteiger charge is -2.49. The fourth-order valence-corrected chi connectivity index (χ4v) is 2.24. The van der Waals surface area contributed by atoms with Gasteiger partial charge in [-0.2, -0.15) is 0 Å². The molecule has 1 saturated heterocycles. The van der Waals surface area contributed by atoms with Crippen LogP contribution < -0.4 is 5.32 Å². The van der Waals surface area contributed by atoms with Crippen LogP contribution in [-0.4, -0.2) is 11.1 Å². The Kier molecular flexibility index (Phi) is 2.15. The fraction of sp³-hybridized carbons (Fsp3) is 0.167. The monoisotopic (exact) mass is 262 g/mol. The van der Waals surface area contributed by atoms with Crippen molar-refractivity contribution in [2.75, 3.05) is 0 Å². The highest BCUT2D eigenvalue weighted by Gasteiger charge is 2.34. The minimum Gasteiger partial charge on any atom is -0.339 e. The molecule has 15 heavy (non-hydrogen) atoms. The van der Waals surface area contributed by atoms with Crippen LogP contribution in [0.3, 0.4) is 0 Å². The average molecular weight is 263 g/mol. The van der Waals surface area contributed by atoms with Gasteiger partial charge in [0.1, 0.15) is 12.3 Å². The first kappa shape index (κ1) is 9.19. The number of hydrogen-bond acceptors (Lipinski definition) is 2. The van der Waals surface area contributed by atoms with Crippen molar-refractivity contribution in [2.24, 2.45) is 0 Å². The number of halogens is 1. The van der Waals surface area contributed by atoms with Crippen LogP contribution in [0, 0.1) is 0 Å². The predicted molar refractivity (Wildman–Crippen MR) is 63.9 cm³/mol. The molecule has 1 aromatic carbocycles. The maximum absolute atomic E-state index is 3.49. The van der Waals surface area contributed by atoms with Crippen molar-refractivity contribution in [2.45, 2.75) is 12.3 Å². The van der Waals surface area contributed by atoms with E-state index in [2.05, 4.69) is 74.8 Å². The van der Waals surface area contributed by atoms with Crippen molar-refractivity contribution < 1.29 is 0 Å². The largest absolute Gasteiger partial charge is 0.339 e. The van der Waals surface area contributed by atoms with E-state index in [0.717, 1.165) is 4.47 Å². The quantitative estimate of drug-likeness (QED) is 0.838. The summed E-state index contributed by atoms with van der Waals surface area (Å²) in [7, 11) is 0. The fourth-order valence-electron chi connectivity index (χ4n) is 1.98. The normalized spacial score (nSPS) is 27.4. The molecule has 0 amide bonds. The van der Waals surface area contributed by atoms with Crippen LogP contribution in [0.2, 0.25) is 0 Å². The van der Waals surface area contributed by atoms with Crippen LogP contribution in [0.15, 0.2) is 53.2 Å². The molecule has 2 atom stereocenters. The van der Waals surface area contributed by atoms with Gasteiger partial charge in [0.15, 0.2) is 0 Å². The average Bonchev–Trinajstić information content (AvgIpc) is 2.23. The van der Waals surface area contributed by atoms with Gasteiger partial charge in [-0.15, -0.1) is 0 Å². The molecule has 0 spiro atoms. The number of fused-ring (bicyclic) bond motifs is 1. The summed E-state index contributed by atoms with van der Waals surface area (Å²) in [6.07, 6.45) is 9.14. The maximum atomic E-state index is 3.49. The molecule has 2 nitrogen and oxygen atoms in total. The van der Waals surface area contributed by atoms with E-state index < -0.39 is 0 Å². The van der Waals surface area contributed by atoms with Gasteiger partial charge in [0.25, 0.3) is 0 Å². The molecule has 0 radical (unpaired) electrons. The second-order valence-electron chi connectivity index (χ2n) is 3.74. The minimum atomic E-state index is 0.323. The molecule has 0 bridgehead atoms. The molecule has 2 aliphatic heterocycles. The standard InChI is InChI=1S/C12H11BrN2/c13-10-6-4-9(5-7-10)12-14-11-3-1-2-8-15(11)12/h1-8,11-12,14H. The van der Waals surface area contributed by atoms with Crippen LogP contribution in [0.25, 0.3) is 0 Å². The summed E-state index contributed by atoms with van der Waals surface area (Å²) in [5, 5.41) is 3.49. The van der Waals surface area contributed by atoms with Crippen LogP contribution >= 0.6 is 15.9 Å². The van der Waals surface area contributed by atoms with Crippen molar-refractivity contribution in [1.82, 2.24) is 10.2 Å². The highest BCUT2D eigenvalue weighted by molar-refractivity contribution is 9.10. The van der Waals surface area contributed by atoms with Gasteiger partial charge in [0.2, 0.25) is 0 Å². The van der Waals surface area contributed by atoms with E-state index >= 15 is 0 Å². The molecule has 0 aromatic heterocycles. The third-order valence-corrected chi connectivity index (χ3v) is 3.33. The van der Waals surface area contributed by atoms with Gasteiger partial charge in [-0.05, 0) is 29.8 Å². The molecule has 1 N–H and O–H groups in total. The Hall–Kier alpha value is -1.06. The van der Waals surface area contributed by atoms with Crippen LogP contribution in [0.4, 0.5) is 0 Å². The van der Waals surface area contributed by atoms with Crippen LogP contribution in [0.1, 0.15) is 11.7 Å². The molecule has 2 aliphatic rings. The van der Waals surface area contributed by atoms with E-state index in [1.165, 1.54) is 5.56 Å². The Bertz CT molecular complexity index is 422. The summed E-state index contributed by atoms with van der Waals surface area (Å²) >= 11 is 3.44. The molecular weight excluding hydrogens is 252 g/mol. The first-order chi connectivity index (χ1) is 7.34. The molecule has 3 heteroatoms. The summed E-state index contributed by atoms with van der Waals surface area (Å²) in [6.45, 7) is 0. The summed E-state index contributed by atoms with van der Waals surface area (Å²) in [6, 6.07) is 8.44. The molecule has 2 unspecified atom stereocenters. The number of rotatable bonds is 1. The van der Waals surface area contributed by atoms with Crippen LogP contribution in [-0.2, 0) is 0 Å². The van der Waals surface area contributed by atoms with Gasteiger partial charge in [0, 0.05) is 10.7 Å². The molecule has 2 heterocycles. The number of nitrogens with one attached hydrogen (secondary N) is 1. The zero-order valence-corrected chi connectivity index (χ0v) is 9.68. The number of allylic oxidation sites excluding steroid dienone is 2. The smallest absolute Gasteiger partial charge is 0.109 e.